The smallest absolute Gasteiger partial charge is 0.223 e. The van der Waals surface area contributed by atoms with Crippen LogP contribution in [-0.2, 0) is 16.0 Å². The molecular weight excluding hydrogens is 242 g/mol. The van der Waals surface area contributed by atoms with Crippen LogP contribution < -0.4 is 0 Å². The lowest BCUT2D eigenvalue weighted by molar-refractivity contribution is -0.135. The summed E-state index contributed by atoms with van der Waals surface area (Å²) in [6.07, 6.45) is 1.16. The number of imidazole rings is 1. The maximum atomic E-state index is 12.0. The zero-order valence-corrected chi connectivity index (χ0v) is 10.8. The molecule has 2 aromatic rings. The Kier molecular flexibility index (Phi) is 3.46. The number of aromatic amines is 1. The number of nitrogens with one attached hydrogen (secondary N) is 1. The van der Waals surface area contributed by atoms with Gasteiger partial charge in [-0.15, -0.1) is 0 Å². The maximum absolute atomic E-state index is 12.0. The summed E-state index contributed by atoms with van der Waals surface area (Å²) in [6.45, 7) is 2.71. The molecule has 0 saturated carbocycles. The number of para-hydroxylation sites is 2. The molecule has 0 atom stereocenters. The van der Waals surface area contributed by atoms with Gasteiger partial charge in [0.15, 0.2) is 0 Å². The topological polar surface area (TPSA) is 58.2 Å². The van der Waals surface area contributed by atoms with Crippen LogP contribution in [0.15, 0.2) is 24.3 Å². The molecule has 0 aliphatic carbocycles. The number of aryl methyl sites for hydroxylation is 1. The Labute approximate surface area is 111 Å². The number of amides is 1. The number of carbonyl (C=O) groups is 1. The first-order valence-corrected chi connectivity index (χ1v) is 6.62. The lowest BCUT2D eigenvalue weighted by Gasteiger charge is -2.26. The van der Waals surface area contributed by atoms with E-state index in [2.05, 4.69) is 9.97 Å². The Balaban J connectivity index is 1.60. The van der Waals surface area contributed by atoms with E-state index in [1.165, 1.54) is 0 Å². The second-order valence-electron chi connectivity index (χ2n) is 4.69. The number of rotatable bonds is 3. The molecule has 1 saturated heterocycles. The molecule has 0 unspecified atom stereocenters. The molecule has 1 aliphatic rings. The average molecular weight is 259 g/mol. The van der Waals surface area contributed by atoms with Gasteiger partial charge in [0.05, 0.1) is 24.2 Å². The summed E-state index contributed by atoms with van der Waals surface area (Å²) < 4.78 is 5.24. The van der Waals surface area contributed by atoms with Crippen LogP contribution in [0.4, 0.5) is 0 Å². The van der Waals surface area contributed by atoms with E-state index in [9.17, 15) is 4.79 Å². The van der Waals surface area contributed by atoms with Crippen LogP contribution in [0, 0.1) is 0 Å². The average Bonchev–Trinajstić information content (AvgIpc) is 2.88. The normalized spacial score (nSPS) is 15.9. The van der Waals surface area contributed by atoms with Gasteiger partial charge in [-0.3, -0.25) is 4.79 Å². The SMILES string of the molecule is O=C(CCc1nc2ccccc2[nH]1)N1CCOCC1. The molecule has 1 aromatic carbocycles. The summed E-state index contributed by atoms with van der Waals surface area (Å²) in [7, 11) is 0. The molecule has 5 nitrogen and oxygen atoms in total. The molecule has 1 amide bonds. The molecule has 0 spiro atoms. The monoisotopic (exact) mass is 259 g/mol. The fourth-order valence-corrected chi connectivity index (χ4v) is 2.32. The third kappa shape index (κ3) is 2.76. The molecular formula is C14H17N3O2. The second kappa shape index (κ2) is 5.40. The molecule has 100 valence electrons. The van der Waals surface area contributed by atoms with Gasteiger partial charge in [0.1, 0.15) is 5.82 Å². The first kappa shape index (κ1) is 12.2. The van der Waals surface area contributed by atoms with Crippen molar-refractivity contribution in [3.05, 3.63) is 30.1 Å². The van der Waals surface area contributed by atoms with Crippen molar-refractivity contribution in [1.82, 2.24) is 14.9 Å². The Bertz CT molecular complexity index is 540. The van der Waals surface area contributed by atoms with Gasteiger partial charge in [-0.25, -0.2) is 4.98 Å². The molecule has 0 radical (unpaired) electrons. The number of nitrogens with zero attached hydrogens (tertiary/aromatic N) is 2. The second-order valence-corrected chi connectivity index (χ2v) is 4.69. The first-order chi connectivity index (χ1) is 9.33. The predicted octanol–water partition coefficient (Wildman–Crippen LogP) is 1.35. The maximum Gasteiger partial charge on any atom is 0.223 e. The summed E-state index contributed by atoms with van der Waals surface area (Å²) in [6, 6.07) is 7.91. The van der Waals surface area contributed by atoms with E-state index in [0.29, 0.717) is 39.1 Å². The molecule has 0 bridgehead atoms. The van der Waals surface area contributed by atoms with Gasteiger partial charge in [-0.2, -0.15) is 0 Å². The van der Waals surface area contributed by atoms with E-state index in [4.69, 9.17) is 4.74 Å². The lowest BCUT2D eigenvalue weighted by atomic mass is 10.2. The zero-order valence-electron chi connectivity index (χ0n) is 10.8. The van der Waals surface area contributed by atoms with E-state index in [1.54, 1.807) is 0 Å². The minimum atomic E-state index is 0.184. The fraction of sp³-hybridized carbons (Fsp3) is 0.429. The molecule has 3 rings (SSSR count). The van der Waals surface area contributed by atoms with Crippen molar-refractivity contribution in [3.8, 4) is 0 Å². The van der Waals surface area contributed by atoms with Gasteiger partial charge in [0.25, 0.3) is 0 Å². The van der Waals surface area contributed by atoms with Crippen LogP contribution in [0.5, 0.6) is 0 Å². The van der Waals surface area contributed by atoms with Gasteiger partial charge < -0.3 is 14.6 Å². The molecule has 5 heteroatoms. The van der Waals surface area contributed by atoms with Gasteiger partial charge >= 0.3 is 0 Å². The van der Waals surface area contributed by atoms with Crippen molar-refractivity contribution in [2.24, 2.45) is 0 Å². The molecule has 1 aliphatic heterocycles. The number of aromatic nitrogens is 2. The van der Waals surface area contributed by atoms with E-state index >= 15 is 0 Å². The van der Waals surface area contributed by atoms with Crippen LogP contribution in [0.25, 0.3) is 11.0 Å². The van der Waals surface area contributed by atoms with E-state index in [-0.39, 0.29) is 5.91 Å². The minimum absolute atomic E-state index is 0.184. The van der Waals surface area contributed by atoms with Gasteiger partial charge in [0.2, 0.25) is 5.91 Å². The minimum Gasteiger partial charge on any atom is -0.378 e. The number of benzene rings is 1. The van der Waals surface area contributed by atoms with Crippen LogP contribution >= 0.6 is 0 Å². The van der Waals surface area contributed by atoms with Gasteiger partial charge in [-0.1, -0.05) is 12.1 Å². The van der Waals surface area contributed by atoms with Crippen molar-refractivity contribution in [2.75, 3.05) is 26.3 Å². The molecule has 2 heterocycles. The highest BCUT2D eigenvalue weighted by Gasteiger charge is 2.16. The summed E-state index contributed by atoms with van der Waals surface area (Å²) in [5, 5.41) is 0. The van der Waals surface area contributed by atoms with Crippen LogP contribution in [0.3, 0.4) is 0 Å². The Morgan fingerprint density at radius 3 is 2.89 bits per heavy atom. The summed E-state index contributed by atoms with van der Waals surface area (Å²) in [5.41, 5.74) is 1.98. The van der Waals surface area contributed by atoms with Crippen molar-refractivity contribution in [2.45, 2.75) is 12.8 Å². The Morgan fingerprint density at radius 2 is 2.11 bits per heavy atom. The largest absolute Gasteiger partial charge is 0.378 e. The third-order valence-electron chi connectivity index (χ3n) is 3.38. The number of hydrogen-bond donors (Lipinski definition) is 1. The van der Waals surface area contributed by atoms with Crippen molar-refractivity contribution in [1.29, 1.82) is 0 Å². The van der Waals surface area contributed by atoms with E-state index < -0.39 is 0 Å². The van der Waals surface area contributed by atoms with E-state index in [0.717, 1.165) is 16.9 Å². The van der Waals surface area contributed by atoms with Gasteiger partial charge in [0, 0.05) is 25.9 Å². The number of morpholine rings is 1. The van der Waals surface area contributed by atoms with Crippen molar-refractivity contribution in [3.63, 3.8) is 0 Å². The summed E-state index contributed by atoms with van der Waals surface area (Å²) in [5.74, 6) is 1.06. The lowest BCUT2D eigenvalue weighted by Crippen LogP contribution is -2.40. The van der Waals surface area contributed by atoms with Gasteiger partial charge in [-0.05, 0) is 12.1 Å². The predicted molar refractivity (Wildman–Crippen MR) is 71.8 cm³/mol. The van der Waals surface area contributed by atoms with Crippen LogP contribution in [0.1, 0.15) is 12.2 Å². The van der Waals surface area contributed by atoms with Crippen LogP contribution in [-0.4, -0.2) is 47.1 Å². The summed E-state index contributed by atoms with van der Waals surface area (Å²) in [4.78, 5) is 21.6. The Morgan fingerprint density at radius 1 is 1.32 bits per heavy atom. The molecule has 19 heavy (non-hydrogen) atoms. The Hall–Kier alpha value is -1.88. The highest BCUT2D eigenvalue weighted by molar-refractivity contribution is 5.77. The van der Waals surface area contributed by atoms with Crippen molar-refractivity contribution < 1.29 is 9.53 Å². The summed E-state index contributed by atoms with van der Waals surface area (Å²) >= 11 is 0. The molecule has 1 aromatic heterocycles. The third-order valence-corrected chi connectivity index (χ3v) is 3.38. The molecule has 1 N–H and O–H groups in total. The molecule has 1 fully saturated rings. The van der Waals surface area contributed by atoms with Crippen molar-refractivity contribution >= 4 is 16.9 Å². The number of hydrogen-bond acceptors (Lipinski definition) is 3. The first-order valence-electron chi connectivity index (χ1n) is 6.62. The standard InChI is InChI=1S/C14H17N3O2/c18-14(17-7-9-19-10-8-17)6-5-13-15-11-3-1-2-4-12(11)16-13/h1-4H,5-10H2,(H,15,16). The number of fused-ring (bicyclic) bond motifs is 1. The number of H-pyrrole nitrogens is 1. The zero-order chi connectivity index (χ0) is 13.1. The van der Waals surface area contributed by atoms with E-state index in [1.807, 2.05) is 29.2 Å². The quantitative estimate of drug-likeness (QED) is 0.905. The highest BCUT2D eigenvalue weighted by atomic mass is 16.5. The number of carbonyl (C=O) groups excluding carboxylic acids is 1. The van der Waals surface area contributed by atoms with Crippen LogP contribution in [0.2, 0.25) is 0 Å². The highest BCUT2D eigenvalue weighted by Crippen LogP contribution is 2.12. The number of ether oxygens (including phenoxy) is 1. The fourth-order valence-electron chi connectivity index (χ4n) is 2.32.